The van der Waals surface area contributed by atoms with Crippen LogP contribution in [-0.4, -0.2) is 30.8 Å². The molecule has 0 unspecified atom stereocenters. The van der Waals surface area contributed by atoms with Gasteiger partial charge in [-0.3, -0.25) is 14.4 Å². The molecular weight excluding hydrogens is 381 g/mol. The van der Waals surface area contributed by atoms with Crippen LogP contribution < -0.4 is 5.32 Å². The third-order valence-corrected chi connectivity index (χ3v) is 3.54. The number of rotatable bonds is 6. The van der Waals surface area contributed by atoms with E-state index < -0.39 is 30.8 Å². The number of hydrogen-bond acceptors (Lipinski definition) is 4. The van der Waals surface area contributed by atoms with Crippen LogP contribution in [0.15, 0.2) is 53.0 Å². The Bertz CT molecular complexity index is 761. The van der Waals surface area contributed by atoms with Crippen molar-refractivity contribution < 1.29 is 23.5 Å². The lowest BCUT2D eigenvalue weighted by Crippen LogP contribution is -2.31. The number of carbonyl (C=O) groups is 3. The maximum atomic E-state index is 13.0. The molecule has 1 N–H and O–H groups in total. The smallest absolute Gasteiger partial charge is 0.325 e. The summed E-state index contributed by atoms with van der Waals surface area (Å²) < 4.78 is 18.6. The molecule has 0 spiro atoms. The predicted molar refractivity (Wildman–Crippen MR) is 88.2 cm³/mol. The molecule has 0 bridgehead atoms. The van der Waals surface area contributed by atoms with Crippen molar-refractivity contribution in [1.29, 1.82) is 0 Å². The van der Waals surface area contributed by atoms with Gasteiger partial charge in [-0.2, -0.15) is 0 Å². The highest BCUT2D eigenvalue weighted by Gasteiger charge is 2.12. The van der Waals surface area contributed by atoms with E-state index >= 15 is 0 Å². The number of benzene rings is 2. The highest BCUT2D eigenvalue weighted by molar-refractivity contribution is 9.10. The second kappa shape index (κ2) is 8.35. The lowest BCUT2D eigenvalue weighted by molar-refractivity contribution is -0.141. The second-order valence-corrected chi connectivity index (χ2v) is 5.70. The quantitative estimate of drug-likeness (QED) is 0.604. The van der Waals surface area contributed by atoms with Gasteiger partial charge in [-0.25, -0.2) is 4.39 Å². The normalized spacial score (nSPS) is 10.1. The molecule has 0 saturated carbocycles. The minimum Gasteiger partial charge on any atom is -0.456 e. The third kappa shape index (κ3) is 5.27. The van der Waals surface area contributed by atoms with Crippen molar-refractivity contribution in [2.45, 2.75) is 0 Å². The van der Waals surface area contributed by atoms with Crippen LogP contribution in [0.1, 0.15) is 20.7 Å². The van der Waals surface area contributed by atoms with Crippen molar-refractivity contribution in [2.24, 2.45) is 0 Å². The van der Waals surface area contributed by atoms with Crippen molar-refractivity contribution in [3.8, 4) is 0 Å². The number of amides is 1. The van der Waals surface area contributed by atoms with Gasteiger partial charge >= 0.3 is 5.97 Å². The zero-order valence-electron chi connectivity index (χ0n) is 12.4. The molecule has 5 nitrogen and oxygen atoms in total. The average Bonchev–Trinajstić information content (AvgIpc) is 2.58. The van der Waals surface area contributed by atoms with E-state index in [2.05, 4.69) is 21.2 Å². The predicted octanol–water partition coefficient (Wildman–Crippen LogP) is 2.74. The Hall–Kier alpha value is -2.54. The first kappa shape index (κ1) is 17.8. The lowest BCUT2D eigenvalue weighted by atomic mass is 10.1. The van der Waals surface area contributed by atoms with Gasteiger partial charge in [0.2, 0.25) is 0 Å². The number of carbonyl (C=O) groups excluding carboxylic acids is 3. The van der Waals surface area contributed by atoms with E-state index in [-0.39, 0.29) is 11.3 Å². The van der Waals surface area contributed by atoms with Crippen molar-refractivity contribution in [3.05, 3.63) is 69.9 Å². The van der Waals surface area contributed by atoms with E-state index in [0.29, 0.717) is 5.56 Å². The fourth-order valence-corrected chi connectivity index (χ4v) is 2.06. The number of ether oxygens (including phenoxy) is 1. The topological polar surface area (TPSA) is 72.5 Å². The molecule has 24 heavy (non-hydrogen) atoms. The van der Waals surface area contributed by atoms with E-state index in [4.69, 9.17) is 4.74 Å². The van der Waals surface area contributed by atoms with E-state index in [0.717, 1.165) is 10.5 Å². The number of halogens is 2. The minimum absolute atomic E-state index is 0.0914. The molecule has 0 radical (unpaired) electrons. The third-order valence-electron chi connectivity index (χ3n) is 3.01. The summed E-state index contributed by atoms with van der Waals surface area (Å²) in [6.45, 7) is -0.834. The van der Waals surface area contributed by atoms with Crippen molar-refractivity contribution in [1.82, 2.24) is 5.32 Å². The van der Waals surface area contributed by atoms with Gasteiger partial charge in [0, 0.05) is 15.6 Å². The molecule has 0 saturated heterocycles. The molecule has 2 aromatic rings. The Balaban J connectivity index is 1.78. The molecule has 124 valence electrons. The first-order valence-electron chi connectivity index (χ1n) is 6.94. The van der Waals surface area contributed by atoms with E-state index in [1.807, 2.05) is 0 Å². The largest absolute Gasteiger partial charge is 0.456 e. The number of hydrogen-bond donors (Lipinski definition) is 1. The van der Waals surface area contributed by atoms with Crippen LogP contribution in [0, 0.1) is 5.82 Å². The molecule has 1 amide bonds. The fraction of sp³-hybridized carbons (Fsp3) is 0.118. The summed E-state index contributed by atoms with van der Waals surface area (Å²) in [7, 11) is 0. The van der Waals surface area contributed by atoms with Crippen LogP contribution in [0.2, 0.25) is 0 Å². The van der Waals surface area contributed by atoms with E-state index in [1.165, 1.54) is 18.2 Å². The molecule has 7 heteroatoms. The van der Waals surface area contributed by atoms with Crippen LogP contribution >= 0.6 is 15.9 Å². The Morgan fingerprint density at radius 2 is 1.75 bits per heavy atom. The average molecular weight is 394 g/mol. The van der Waals surface area contributed by atoms with E-state index in [1.54, 1.807) is 24.3 Å². The van der Waals surface area contributed by atoms with Crippen LogP contribution in [0.5, 0.6) is 0 Å². The summed E-state index contributed by atoms with van der Waals surface area (Å²) in [5.41, 5.74) is 0.503. The SMILES string of the molecule is O=C(CNC(=O)c1cccc(F)c1)OCC(=O)c1ccc(Br)cc1. The minimum atomic E-state index is -0.759. The standard InChI is InChI=1S/C17H13BrFNO4/c18-13-6-4-11(5-7-13)15(21)10-24-16(22)9-20-17(23)12-2-1-3-14(19)8-12/h1-8H,9-10H2,(H,20,23). The second-order valence-electron chi connectivity index (χ2n) is 4.78. The molecule has 0 aliphatic carbocycles. The van der Waals surface area contributed by atoms with Gasteiger partial charge in [-0.15, -0.1) is 0 Å². The van der Waals surface area contributed by atoms with Crippen LogP contribution in [0.25, 0.3) is 0 Å². The monoisotopic (exact) mass is 393 g/mol. The van der Waals surface area contributed by atoms with Crippen molar-refractivity contribution >= 4 is 33.6 Å². The number of esters is 1. The molecule has 0 heterocycles. The van der Waals surface area contributed by atoms with Gasteiger partial charge in [0.25, 0.3) is 5.91 Å². The van der Waals surface area contributed by atoms with Crippen molar-refractivity contribution in [2.75, 3.05) is 13.2 Å². The Labute approximate surface area is 145 Å². The Morgan fingerprint density at radius 1 is 1.04 bits per heavy atom. The highest BCUT2D eigenvalue weighted by atomic mass is 79.9. The van der Waals surface area contributed by atoms with Gasteiger partial charge in [-0.1, -0.05) is 34.1 Å². The number of ketones is 1. The van der Waals surface area contributed by atoms with Crippen LogP contribution in [0.3, 0.4) is 0 Å². The maximum absolute atomic E-state index is 13.0. The molecule has 0 fully saturated rings. The zero-order valence-corrected chi connectivity index (χ0v) is 14.0. The Morgan fingerprint density at radius 3 is 2.42 bits per heavy atom. The maximum Gasteiger partial charge on any atom is 0.325 e. The zero-order chi connectivity index (χ0) is 17.5. The number of Topliss-reactive ketones (excluding diaryl/α,β-unsaturated/α-hetero) is 1. The first-order valence-corrected chi connectivity index (χ1v) is 7.73. The first-order chi connectivity index (χ1) is 11.5. The lowest BCUT2D eigenvalue weighted by Gasteiger charge is -2.06. The van der Waals surface area contributed by atoms with Gasteiger partial charge < -0.3 is 10.1 Å². The summed E-state index contributed by atoms with van der Waals surface area (Å²) in [5.74, 6) is -2.27. The molecule has 2 aromatic carbocycles. The van der Waals surface area contributed by atoms with Crippen molar-refractivity contribution in [3.63, 3.8) is 0 Å². The summed E-state index contributed by atoms with van der Waals surface area (Å²) in [6, 6.07) is 11.7. The van der Waals surface area contributed by atoms with Gasteiger partial charge in [0.1, 0.15) is 12.4 Å². The molecule has 0 aliphatic rings. The molecule has 2 rings (SSSR count). The van der Waals surface area contributed by atoms with Crippen LogP contribution in [0.4, 0.5) is 4.39 Å². The van der Waals surface area contributed by atoms with Gasteiger partial charge in [0.15, 0.2) is 12.4 Å². The molecular formula is C17H13BrFNO4. The number of nitrogens with one attached hydrogen (secondary N) is 1. The molecule has 0 aliphatic heterocycles. The van der Waals surface area contributed by atoms with Crippen LogP contribution in [-0.2, 0) is 9.53 Å². The highest BCUT2D eigenvalue weighted by Crippen LogP contribution is 2.11. The van der Waals surface area contributed by atoms with Gasteiger partial charge in [-0.05, 0) is 30.3 Å². The fourth-order valence-electron chi connectivity index (χ4n) is 1.80. The summed E-state index contributed by atoms with van der Waals surface area (Å²) >= 11 is 3.25. The summed E-state index contributed by atoms with van der Waals surface area (Å²) in [5, 5.41) is 2.30. The molecule has 0 aromatic heterocycles. The Kier molecular flexibility index (Phi) is 6.20. The summed E-state index contributed by atoms with van der Waals surface area (Å²) in [6.07, 6.45) is 0. The molecule has 0 atom stereocenters. The van der Waals surface area contributed by atoms with E-state index in [9.17, 15) is 18.8 Å². The van der Waals surface area contributed by atoms with Gasteiger partial charge in [0.05, 0.1) is 0 Å². The summed E-state index contributed by atoms with van der Waals surface area (Å²) in [4.78, 5) is 35.1.